The number of hydrogen-bond donors (Lipinski definition) is 2. The van der Waals surface area contributed by atoms with E-state index in [1.807, 2.05) is 0 Å². The van der Waals surface area contributed by atoms with Crippen LogP contribution in [-0.2, 0) is 4.79 Å². The first kappa shape index (κ1) is 16.5. The van der Waals surface area contributed by atoms with E-state index in [9.17, 15) is 18.4 Å². The van der Waals surface area contributed by atoms with Crippen LogP contribution in [0.25, 0.3) is 10.2 Å². The van der Waals surface area contributed by atoms with Crippen LogP contribution in [0.15, 0.2) is 29.6 Å². The molecule has 0 aliphatic rings. The summed E-state index contributed by atoms with van der Waals surface area (Å²) in [6.45, 7) is 1.54. The van der Waals surface area contributed by atoms with E-state index in [4.69, 9.17) is 0 Å². The summed E-state index contributed by atoms with van der Waals surface area (Å²) in [5.74, 6) is -2.79. The lowest BCUT2D eigenvalue weighted by atomic mass is 10.3. The fourth-order valence-corrected chi connectivity index (χ4v) is 3.43. The van der Waals surface area contributed by atoms with Gasteiger partial charge in [-0.15, -0.1) is 11.3 Å². The summed E-state index contributed by atoms with van der Waals surface area (Å²) < 4.78 is 26.8. The molecule has 2 heterocycles. The van der Waals surface area contributed by atoms with Crippen LogP contribution in [0.2, 0.25) is 0 Å². The van der Waals surface area contributed by atoms with Gasteiger partial charge in [0.25, 0.3) is 5.91 Å². The van der Waals surface area contributed by atoms with Gasteiger partial charge in [-0.2, -0.15) is 0 Å². The van der Waals surface area contributed by atoms with Gasteiger partial charge >= 0.3 is 0 Å². The second kappa shape index (κ2) is 6.62. The maximum absolute atomic E-state index is 13.2. The SMILES string of the molecule is CC(NC(=O)c1cccs1)C(=O)Nc1nc2cc(F)c(F)cc2s1. The molecule has 9 heteroatoms. The highest BCUT2D eigenvalue weighted by Crippen LogP contribution is 2.27. The largest absolute Gasteiger partial charge is 0.340 e. The van der Waals surface area contributed by atoms with Crippen molar-refractivity contribution in [1.82, 2.24) is 10.3 Å². The Balaban J connectivity index is 1.68. The molecule has 1 unspecified atom stereocenters. The molecule has 24 heavy (non-hydrogen) atoms. The van der Waals surface area contributed by atoms with E-state index in [1.165, 1.54) is 18.3 Å². The zero-order chi connectivity index (χ0) is 17.3. The minimum absolute atomic E-state index is 0.206. The standard InChI is InChI=1S/C15H11F2N3O2S2/c1-7(18-14(22)11-3-2-4-23-11)13(21)20-15-19-10-5-8(16)9(17)6-12(10)24-15/h2-7H,1H3,(H,18,22)(H,19,20,21). The Kier molecular flexibility index (Phi) is 4.54. The van der Waals surface area contributed by atoms with Crippen LogP contribution < -0.4 is 10.6 Å². The third-order valence-electron chi connectivity index (χ3n) is 3.15. The van der Waals surface area contributed by atoms with Crippen LogP contribution in [0.5, 0.6) is 0 Å². The average molecular weight is 367 g/mol. The van der Waals surface area contributed by atoms with Gasteiger partial charge in [-0.05, 0) is 24.4 Å². The second-order valence-corrected chi connectivity index (χ2v) is 6.89. The van der Waals surface area contributed by atoms with Gasteiger partial charge in [0, 0.05) is 6.07 Å². The van der Waals surface area contributed by atoms with E-state index in [0.717, 1.165) is 23.5 Å². The number of anilines is 1. The summed E-state index contributed by atoms with van der Waals surface area (Å²) in [7, 11) is 0. The van der Waals surface area contributed by atoms with Crippen LogP contribution in [-0.4, -0.2) is 22.8 Å². The second-order valence-electron chi connectivity index (χ2n) is 4.91. The number of carbonyl (C=O) groups excluding carboxylic acids is 2. The molecule has 2 amide bonds. The number of thiazole rings is 1. The Labute approximate surface area is 143 Å². The molecular formula is C15H11F2N3O2S2. The summed E-state index contributed by atoms with van der Waals surface area (Å²) in [4.78, 5) is 28.6. The van der Waals surface area contributed by atoms with Crippen molar-refractivity contribution < 1.29 is 18.4 Å². The number of amides is 2. The predicted octanol–water partition coefficient (Wildman–Crippen LogP) is 3.39. The highest BCUT2D eigenvalue weighted by Gasteiger charge is 2.19. The number of nitrogens with zero attached hydrogens (tertiary/aromatic N) is 1. The monoisotopic (exact) mass is 367 g/mol. The molecule has 1 aromatic carbocycles. The Morgan fingerprint density at radius 3 is 2.71 bits per heavy atom. The van der Waals surface area contributed by atoms with E-state index in [1.54, 1.807) is 17.5 Å². The summed E-state index contributed by atoms with van der Waals surface area (Å²) in [5, 5.41) is 7.07. The Hall–Kier alpha value is -2.39. The first-order valence-corrected chi connectivity index (χ1v) is 8.54. The number of nitrogens with one attached hydrogen (secondary N) is 2. The van der Waals surface area contributed by atoms with Gasteiger partial charge in [0.2, 0.25) is 5.91 Å². The van der Waals surface area contributed by atoms with E-state index >= 15 is 0 Å². The minimum atomic E-state index is -0.998. The predicted molar refractivity (Wildman–Crippen MR) is 89.4 cm³/mol. The number of fused-ring (bicyclic) bond motifs is 1. The van der Waals surface area contributed by atoms with Crippen molar-refractivity contribution in [1.29, 1.82) is 0 Å². The van der Waals surface area contributed by atoms with Crippen LogP contribution >= 0.6 is 22.7 Å². The molecule has 0 aliphatic heterocycles. The number of aromatic nitrogens is 1. The molecule has 0 bridgehead atoms. The van der Waals surface area contributed by atoms with Crippen LogP contribution in [0.4, 0.5) is 13.9 Å². The van der Waals surface area contributed by atoms with E-state index in [2.05, 4.69) is 15.6 Å². The number of rotatable bonds is 4. The molecule has 0 radical (unpaired) electrons. The molecule has 2 aromatic heterocycles. The van der Waals surface area contributed by atoms with Crippen molar-refractivity contribution in [2.75, 3.05) is 5.32 Å². The number of thiophene rings is 1. The lowest BCUT2D eigenvalue weighted by Crippen LogP contribution is -2.41. The summed E-state index contributed by atoms with van der Waals surface area (Å²) in [6.07, 6.45) is 0. The van der Waals surface area contributed by atoms with Crippen molar-refractivity contribution in [2.45, 2.75) is 13.0 Å². The van der Waals surface area contributed by atoms with Gasteiger partial charge in [-0.1, -0.05) is 17.4 Å². The molecular weight excluding hydrogens is 356 g/mol. The quantitative estimate of drug-likeness (QED) is 0.743. The fraction of sp³-hybridized carbons (Fsp3) is 0.133. The molecule has 2 N–H and O–H groups in total. The van der Waals surface area contributed by atoms with Crippen LogP contribution in [0, 0.1) is 11.6 Å². The average Bonchev–Trinajstić information content (AvgIpc) is 3.17. The molecule has 124 valence electrons. The van der Waals surface area contributed by atoms with Gasteiger partial charge in [-0.25, -0.2) is 13.8 Å². The molecule has 3 aromatic rings. The number of benzene rings is 1. The van der Waals surface area contributed by atoms with Crippen molar-refractivity contribution in [3.63, 3.8) is 0 Å². The summed E-state index contributed by atoms with van der Waals surface area (Å²) in [5.41, 5.74) is 0.254. The Morgan fingerprint density at radius 1 is 1.25 bits per heavy atom. The highest BCUT2D eigenvalue weighted by atomic mass is 32.1. The molecule has 1 atom stereocenters. The van der Waals surface area contributed by atoms with Crippen molar-refractivity contribution in [3.8, 4) is 0 Å². The van der Waals surface area contributed by atoms with Crippen LogP contribution in [0.1, 0.15) is 16.6 Å². The number of carbonyl (C=O) groups is 2. The number of hydrogen-bond acceptors (Lipinski definition) is 5. The molecule has 0 saturated carbocycles. The normalized spacial score (nSPS) is 12.1. The lowest BCUT2D eigenvalue weighted by molar-refractivity contribution is -0.117. The maximum Gasteiger partial charge on any atom is 0.261 e. The highest BCUT2D eigenvalue weighted by molar-refractivity contribution is 7.22. The maximum atomic E-state index is 13.2. The van der Waals surface area contributed by atoms with Crippen molar-refractivity contribution in [2.24, 2.45) is 0 Å². The molecule has 0 spiro atoms. The van der Waals surface area contributed by atoms with E-state index < -0.39 is 23.6 Å². The first-order valence-electron chi connectivity index (χ1n) is 6.85. The molecule has 0 saturated heterocycles. The van der Waals surface area contributed by atoms with E-state index in [0.29, 0.717) is 9.58 Å². The topological polar surface area (TPSA) is 71.1 Å². The zero-order valence-corrected chi connectivity index (χ0v) is 13.9. The van der Waals surface area contributed by atoms with Crippen molar-refractivity contribution >= 4 is 49.8 Å². The first-order chi connectivity index (χ1) is 11.4. The van der Waals surface area contributed by atoms with Gasteiger partial charge in [-0.3, -0.25) is 9.59 Å². The number of halogens is 2. The smallest absolute Gasteiger partial charge is 0.261 e. The Bertz CT molecular complexity index is 870. The molecule has 0 aliphatic carbocycles. The molecule has 0 fully saturated rings. The van der Waals surface area contributed by atoms with E-state index in [-0.39, 0.29) is 16.6 Å². The fourth-order valence-electron chi connectivity index (χ4n) is 1.93. The van der Waals surface area contributed by atoms with Gasteiger partial charge in [0.1, 0.15) is 6.04 Å². The third kappa shape index (κ3) is 3.41. The summed E-state index contributed by atoms with van der Waals surface area (Å²) >= 11 is 2.29. The lowest BCUT2D eigenvalue weighted by Gasteiger charge is -2.12. The Morgan fingerprint density at radius 2 is 2.00 bits per heavy atom. The van der Waals surface area contributed by atoms with Gasteiger partial charge in [0.15, 0.2) is 16.8 Å². The van der Waals surface area contributed by atoms with Crippen LogP contribution in [0.3, 0.4) is 0 Å². The van der Waals surface area contributed by atoms with Gasteiger partial charge in [0.05, 0.1) is 15.1 Å². The molecule has 5 nitrogen and oxygen atoms in total. The zero-order valence-electron chi connectivity index (χ0n) is 12.3. The van der Waals surface area contributed by atoms with Crippen molar-refractivity contribution in [3.05, 3.63) is 46.2 Å². The third-order valence-corrected chi connectivity index (χ3v) is 4.95. The summed E-state index contributed by atoms with van der Waals surface area (Å²) in [6, 6.07) is 4.60. The minimum Gasteiger partial charge on any atom is -0.340 e. The van der Waals surface area contributed by atoms with Gasteiger partial charge < -0.3 is 10.6 Å². The molecule has 3 rings (SSSR count).